The van der Waals surface area contributed by atoms with Gasteiger partial charge in [-0.05, 0) is 25.1 Å². The quantitative estimate of drug-likeness (QED) is 0.262. The Morgan fingerprint density at radius 3 is 2.41 bits per heavy atom. The first-order valence-corrected chi connectivity index (χ1v) is 10.8. The van der Waals surface area contributed by atoms with Gasteiger partial charge in [-0.15, -0.1) is 0 Å². The van der Waals surface area contributed by atoms with E-state index in [9.17, 15) is 19.1 Å². The fraction of sp³-hybridized carbons (Fsp3) is 0.0800. The second-order valence-electron chi connectivity index (χ2n) is 7.52. The molecule has 0 aliphatic carbocycles. The fourth-order valence-electron chi connectivity index (χ4n) is 3.85. The van der Waals surface area contributed by atoms with Crippen molar-refractivity contribution in [3.8, 4) is 0 Å². The van der Waals surface area contributed by atoms with Crippen molar-refractivity contribution in [3.63, 3.8) is 0 Å². The smallest absolute Gasteiger partial charge is 0.301 e. The van der Waals surface area contributed by atoms with Crippen LogP contribution in [0.2, 0.25) is 0 Å². The first-order chi connectivity index (χ1) is 15.5. The van der Waals surface area contributed by atoms with Gasteiger partial charge in [0.15, 0.2) is 5.13 Å². The van der Waals surface area contributed by atoms with Gasteiger partial charge in [0.25, 0.3) is 5.78 Å². The molecule has 32 heavy (non-hydrogen) atoms. The van der Waals surface area contributed by atoms with E-state index >= 15 is 0 Å². The maximum absolute atomic E-state index is 14.9. The van der Waals surface area contributed by atoms with Crippen LogP contribution in [0.15, 0.2) is 78.4 Å². The van der Waals surface area contributed by atoms with Crippen molar-refractivity contribution in [1.82, 2.24) is 4.98 Å². The summed E-state index contributed by atoms with van der Waals surface area (Å²) in [5.74, 6) is -2.66. The van der Waals surface area contributed by atoms with E-state index < -0.39 is 23.5 Å². The Bertz CT molecular complexity index is 1380. The lowest BCUT2D eigenvalue weighted by Gasteiger charge is -2.23. The highest BCUT2D eigenvalue weighted by atomic mass is 32.1. The molecule has 1 atom stereocenters. The molecule has 7 heteroatoms. The van der Waals surface area contributed by atoms with Crippen LogP contribution in [0.1, 0.15) is 22.7 Å². The monoisotopic (exact) mass is 444 g/mol. The van der Waals surface area contributed by atoms with Crippen LogP contribution in [-0.4, -0.2) is 21.8 Å². The number of Topliss-reactive ketones (excluding diaryl/α,β-unsaturated/α-hetero) is 1. The summed E-state index contributed by atoms with van der Waals surface area (Å²) < 4.78 is 15.7. The summed E-state index contributed by atoms with van der Waals surface area (Å²) in [4.78, 5) is 32.0. The number of fused-ring (bicyclic) bond motifs is 1. The minimum atomic E-state index is -1.14. The number of aryl methyl sites for hydroxylation is 1. The number of hydrogen-bond donors (Lipinski definition) is 1. The number of hydrogen-bond acceptors (Lipinski definition) is 5. The highest BCUT2D eigenvalue weighted by molar-refractivity contribution is 7.22. The molecule has 158 valence electrons. The molecule has 1 N–H and O–H groups in total. The number of anilines is 1. The lowest BCUT2D eigenvalue weighted by atomic mass is 9.95. The lowest BCUT2D eigenvalue weighted by molar-refractivity contribution is -0.132. The molecule has 1 aliphatic heterocycles. The Labute approximate surface area is 187 Å². The summed E-state index contributed by atoms with van der Waals surface area (Å²) in [5, 5.41) is 11.3. The molecule has 3 aromatic carbocycles. The van der Waals surface area contributed by atoms with Crippen LogP contribution in [0.25, 0.3) is 16.0 Å². The molecule has 5 nitrogen and oxygen atoms in total. The minimum absolute atomic E-state index is 0.111. The lowest BCUT2D eigenvalue weighted by Crippen LogP contribution is -2.29. The Morgan fingerprint density at radius 2 is 1.69 bits per heavy atom. The summed E-state index contributed by atoms with van der Waals surface area (Å²) in [6, 6.07) is 19.0. The summed E-state index contributed by atoms with van der Waals surface area (Å²) in [7, 11) is 0. The number of aliphatic hydroxyl groups excluding tert-OH is 1. The molecule has 1 aromatic heterocycles. The topological polar surface area (TPSA) is 70.5 Å². The Kier molecular flexibility index (Phi) is 4.83. The van der Waals surface area contributed by atoms with Gasteiger partial charge in [-0.1, -0.05) is 71.5 Å². The van der Waals surface area contributed by atoms with E-state index in [0.29, 0.717) is 11.1 Å². The van der Waals surface area contributed by atoms with Crippen molar-refractivity contribution in [2.45, 2.75) is 13.0 Å². The van der Waals surface area contributed by atoms with Crippen LogP contribution in [0.5, 0.6) is 0 Å². The predicted molar refractivity (Wildman–Crippen MR) is 122 cm³/mol. The summed E-state index contributed by atoms with van der Waals surface area (Å²) >= 11 is 1.23. The molecule has 1 amide bonds. The molecule has 1 unspecified atom stereocenters. The van der Waals surface area contributed by atoms with Gasteiger partial charge < -0.3 is 5.11 Å². The van der Waals surface area contributed by atoms with E-state index in [1.165, 1.54) is 34.4 Å². The molecule has 0 spiro atoms. The first-order valence-electron chi connectivity index (χ1n) is 9.94. The molecule has 1 fully saturated rings. The van der Waals surface area contributed by atoms with E-state index in [1.54, 1.807) is 36.4 Å². The standard InChI is InChI=1S/C25H17FN2O3S/c1-14-10-12-15(13-11-14)22(29)20-21(16-6-2-3-7-17(16)26)28(24(31)23(20)30)25-27-18-8-4-5-9-19(18)32-25/h2-13,21,29H,1H3/b22-20+. The number of carbonyl (C=O) groups is 2. The SMILES string of the molecule is Cc1ccc(/C(O)=C2\C(=O)C(=O)N(c3nc4ccccc4s3)C2c2ccccc2F)cc1. The number of thiazole rings is 1. The number of ketones is 1. The van der Waals surface area contributed by atoms with Crippen molar-refractivity contribution in [3.05, 3.63) is 101 Å². The highest BCUT2D eigenvalue weighted by Crippen LogP contribution is 2.44. The van der Waals surface area contributed by atoms with Gasteiger partial charge in [0.05, 0.1) is 15.8 Å². The number of halogens is 1. The van der Waals surface area contributed by atoms with Crippen LogP contribution in [-0.2, 0) is 9.59 Å². The predicted octanol–water partition coefficient (Wildman–Crippen LogP) is 5.37. The van der Waals surface area contributed by atoms with Crippen molar-refractivity contribution in [1.29, 1.82) is 0 Å². The van der Waals surface area contributed by atoms with Crippen molar-refractivity contribution >= 4 is 44.1 Å². The Balaban J connectivity index is 1.75. The fourth-order valence-corrected chi connectivity index (χ4v) is 4.84. The van der Waals surface area contributed by atoms with Crippen LogP contribution in [0.3, 0.4) is 0 Å². The summed E-state index contributed by atoms with van der Waals surface area (Å²) in [5.41, 5.74) is 1.96. The molecule has 1 saturated heterocycles. The first kappa shape index (κ1) is 20.1. The van der Waals surface area contributed by atoms with Crippen LogP contribution >= 0.6 is 11.3 Å². The second-order valence-corrected chi connectivity index (χ2v) is 8.53. The van der Waals surface area contributed by atoms with Gasteiger partial charge >= 0.3 is 5.91 Å². The van der Waals surface area contributed by atoms with Crippen LogP contribution in [0.4, 0.5) is 9.52 Å². The molecular weight excluding hydrogens is 427 g/mol. The van der Waals surface area contributed by atoms with Gasteiger partial charge in [0.2, 0.25) is 0 Å². The van der Waals surface area contributed by atoms with Gasteiger partial charge in [-0.25, -0.2) is 9.37 Å². The number of aromatic nitrogens is 1. The number of nitrogens with zero attached hydrogens (tertiary/aromatic N) is 2. The number of amides is 1. The van der Waals surface area contributed by atoms with Crippen molar-refractivity contribution in [2.75, 3.05) is 4.90 Å². The zero-order valence-electron chi connectivity index (χ0n) is 16.9. The zero-order valence-corrected chi connectivity index (χ0v) is 17.8. The van der Waals surface area contributed by atoms with Crippen LogP contribution < -0.4 is 4.90 Å². The van der Waals surface area contributed by atoms with E-state index in [4.69, 9.17) is 0 Å². The number of para-hydroxylation sites is 1. The third-order valence-corrected chi connectivity index (χ3v) is 6.49. The summed E-state index contributed by atoms with van der Waals surface area (Å²) in [6.07, 6.45) is 0. The van der Waals surface area contributed by atoms with Gasteiger partial charge in [-0.2, -0.15) is 0 Å². The molecule has 1 aliphatic rings. The number of aliphatic hydroxyl groups is 1. The van der Waals surface area contributed by atoms with E-state index in [-0.39, 0.29) is 22.0 Å². The van der Waals surface area contributed by atoms with Gasteiger partial charge in [0, 0.05) is 11.1 Å². The maximum Gasteiger partial charge on any atom is 0.301 e. The average Bonchev–Trinajstić information content (AvgIpc) is 3.33. The average molecular weight is 444 g/mol. The van der Waals surface area contributed by atoms with E-state index in [1.807, 2.05) is 25.1 Å². The number of benzene rings is 3. The molecule has 0 radical (unpaired) electrons. The zero-order chi connectivity index (χ0) is 22.4. The second kappa shape index (κ2) is 7.69. The highest BCUT2D eigenvalue weighted by Gasteiger charge is 2.49. The molecular formula is C25H17FN2O3S. The molecule has 5 rings (SSSR count). The molecule has 4 aromatic rings. The molecule has 0 bridgehead atoms. The van der Waals surface area contributed by atoms with Gasteiger partial charge in [0.1, 0.15) is 17.6 Å². The van der Waals surface area contributed by atoms with Gasteiger partial charge in [-0.3, -0.25) is 14.5 Å². The minimum Gasteiger partial charge on any atom is -0.507 e. The molecule has 2 heterocycles. The van der Waals surface area contributed by atoms with E-state index in [0.717, 1.165) is 10.3 Å². The Morgan fingerprint density at radius 1 is 1.00 bits per heavy atom. The maximum atomic E-state index is 14.9. The number of carbonyl (C=O) groups excluding carboxylic acids is 2. The third kappa shape index (κ3) is 3.18. The largest absolute Gasteiger partial charge is 0.507 e. The normalized spacial score (nSPS) is 17.9. The third-order valence-electron chi connectivity index (χ3n) is 5.46. The van der Waals surface area contributed by atoms with E-state index in [2.05, 4.69) is 4.98 Å². The van der Waals surface area contributed by atoms with Crippen LogP contribution in [0, 0.1) is 12.7 Å². The van der Waals surface area contributed by atoms with Crippen molar-refractivity contribution < 1.29 is 19.1 Å². The van der Waals surface area contributed by atoms with Crippen molar-refractivity contribution in [2.24, 2.45) is 0 Å². The Hall–Kier alpha value is -3.84. The number of rotatable bonds is 3. The molecule has 0 saturated carbocycles. The summed E-state index contributed by atoms with van der Waals surface area (Å²) in [6.45, 7) is 1.90.